The number of nitrogens with one attached hydrogen (secondary N) is 2. The Hall–Kier alpha value is -2.03. The van der Waals surface area contributed by atoms with Gasteiger partial charge in [0, 0.05) is 31.6 Å². The normalized spacial score (nSPS) is 20.2. The number of H-pyrrole nitrogens is 1. The molecule has 2 N–H and O–H groups in total. The lowest BCUT2D eigenvalue weighted by atomic mass is 10.2. The van der Waals surface area contributed by atoms with Gasteiger partial charge in [-0.1, -0.05) is 6.42 Å². The molecular formula is C22H32N6OS. The van der Waals surface area contributed by atoms with E-state index in [9.17, 15) is 0 Å². The highest BCUT2D eigenvalue weighted by molar-refractivity contribution is 7.71. The van der Waals surface area contributed by atoms with E-state index in [1.807, 2.05) is 0 Å². The molecule has 2 unspecified atom stereocenters. The minimum atomic E-state index is 0.344. The second-order valence-corrected chi connectivity index (χ2v) is 8.67. The lowest BCUT2D eigenvalue weighted by Gasteiger charge is -2.35. The zero-order valence-corrected chi connectivity index (χ0v) is 19.0. The third kappa shape index (κ3) is 4.66. The van der Waals surface area contributed by atoms with Gasteiger partial charge in [0.2, 0.25) is 0 Å². The standard InChI is InChI=1S/C22H32N6OS/c1-4-28-20-11-18-17(10-19(20)26-22(28)30)21(25-14-24-18)23-8-6-5-7-9-27-12-15(2)29-16(3)13-27/h10-11,14-16H,4-9,12-13H2,1-3H3,(H,26,30)(H,23,24,25). The van der Waals surface area contributed by atoms with Crippen LogP contribution >= 0.6 is 12.2 Å². The molecule has 1 fully saturated rings. The van der Waals surface area contributed by atoms with Crippen LogP contribution in [0.3, 0.4) is 0 Å². The van der Waals surface area contributed by atoms with Crippen LogP contribution < -0.4 is 5.32 Å². The van der Waals surface area contributed by atoms with E-state index in [2.05, 4.69) is 62.6 Å². The van der Waals surface area contributed by atoms with E-state index < -0.39 is 0 Å². The van der Waals surface area contributed by atoms with Crippen LogP contribution in [0.1, 0.15) is 40.0 Å². The summed E-state index contributed by atoms with van der Waals surface area (Å²) < 4.78 is 8.65. The number of hydrogen-bond donors (Lipinski definition) is 2. The average Bonchev–Trinajstić information content (AvgIpc) is 3.02. The van der Waals surface area contributed by atoms with Crippen LogP contribution in [-0.2, 0) is 11.3 Å². The largest absolute Gasteiger partial charge is 0.373 e. The summed E-state index contributed by atoms with van der Waals surface area (Å²) in [4.78, 5) is 14.8. The molecule has 7 nitrogen and oxygen atoms in total. The molecule has 1 saturated heterocycles. The van der Waals surface area contributed by atoms with Gasteiger partial charge in [0.15, 0.2) is 4.77 Å². The van der Waals surface area contributed by atoms with E-state index in [-0.39, 0.29) is 0 Å². The van der Waals surface area contributed by atoms with E-state index in [1.54, 1.807) is 6.33 Å². The molecule has 2 aromatic heterocycles. The summed E-state index contributed by atoms with van der Waals surface area (Å²) in [5, 5.41) is 4.54. The summed E-state index contributed by atoms with van der Waals surface area (Å²) in [6.07, 6.45) is 5.86. The molecule has 4 rings (SSSR count). The first kappa shape index (κ1) is 21.2. The molecule has 2 atom stereocenters. The maximum atomic E-state index is 5.81. The molecule has 0 spiro atoms. The Morgan fingerprint density at radius 3 is 2.73 bits per heavy atom. The molecule has 0 bridgehead atoms. The predicted octanol–water partition coefficient (Wildman–Crippen LogP) is 4.35. The van der Waals surface area contributed by atoms with E-state index in [0.29, 0.717) is 12.2 Å². The first-order valence-corrected chi connectivity index (χ1v) is 11.4. The molecule has 3 heterocycles. The van der Waals surface area contributed by atoms with Crippen molar-refractivity contribution in [2.75, 3.05) is 31.5 Å². The highest BCUT2D eigenvalue weighted by Crippen LogP contribution is 2.25. The number of ether oxygens (including phenoxy) is 1. The number of hydrogen-bond acceptors (Lipinski definition) is 6. The molecule has 1 aromatic carbocycles. The van der Waals surface area contributed by atoms with Gasteiger partial charge in [-0.15, -0.1) is 0 Å². The lowest BCUT2D eigenvalue weighted by molar-refractivity contribution is -0.0681. The van der Waals surface area contributed by atoms with Crippen LogP contribution in [0, 0.1) is 4.77 Å². The quantitative estimate of drug-likeness (QED) is 0.410. The van der Waals surface area contributed by atoms with Gasteiger partial charge < -0.3 is 19.6 Å². The maximum Gasteiger partial charge on any atom is 0.178 e. The number of aryl methyl sites for hydroxylation is 1. The van der Waals surface area contributed by atoms with Crippen molar-refractivity contribution in [3.8, 4) is 0 Å². The van der Waals surface area contributed by atoms with Crippen LogP contribution in [-0.4, -0.2) is 62.8 Å². The highest BCUT2D eigenvalue weighted by atomic mass is 32.1. The second-order valence-electron chi connectivity index (χ2n) is 8.29. The molecule has 0 radical (unpaired) electrons. The van der Waals surface area contributed by atoms with Gasteiger partial charge in [-0.05, 0) is 64.5 Å². The minimum Gasteiger partial charge on any atom is -0.373 e. The van der Waals surface area contributed by atoms with Gasteiger partial charge in [-0.3, -0.25) is 4.90 Å². The number of nitrogens with zero attached hydrogens (tertiary/aromatic N) is 4. The van der Waals surface area contributed by atoms with Crippen LogP contribution in [0.4, 0.5) is 5.82 Å². The number of aromatic nitrogens is 4. The van der Waals surface area contributed by atoms with Gasteiger partial charge >= 0.3 is 0 Å². The van der Waals surface area contributed by atoms with Crippen molar-refractivity contribution < 1.29 is 4.74 Å². The summed E-state index contributed by atoms with van der Waals surface area (Å²) in [7, 11) is 0. The number of imidazole rings is 1. The predicted molar refractivity (Wildman–Crippen MR) is 125 cm³/mol. The van der Waals surface area contributed by atoms with Gasteiger partial charge in [0.1, 0.15) is 12.1 Å². The van der Waals surface area contributed by atoms with Crippen LogP contribution in [0.25, 0.3) is 21.9 Å². The number of aromatic amines is 1. The van der Waals surface area contributed by atoms with E-state index in [1.165, 1.54) is 12.8 Å². The second kappa shape index (κ2) is 9.41. The number of rotatable bonds is 8. The van der Waals surface area contributed by atoms with Crippen LogP contribution in [0.5, 0.6) is 0 Å². The fraction of sp³-hybridized carbons (Fsp3) is 0.591. The molecule has 1 aliphatic rings. The van der Waals surface area contributed by atoms with E-state index in [0.717, 1.165) is 71.7 Å². The summed E-state index contributed by atoms with van der Waals surface area (Å²) in [6.45, 7) is 11.4. The zero-order chi connectivity index (χ0) is 21.1. The summed E-state index contributed by atoms with van der Waals surface area (Å²) >= 11 is 5.44. The molecular weight excluding hydrogens is 396 g/mol. The Morgan fingerprint density at radius 2 is 1.97 bits per heavy atom. The lowest BCUT2D eigenvalue weighted by Crippen LogP contribution is -2.45. The molecule has 0 amide bonds. The minimum absolute atomic E-state index is 0.344. The van der Waals surface area contributed by atoms with Crippen molar-refractivity contribution in [3.05, 3.63) is 23.2 Å². The molecule has 3 aromatic rings. The Morgan fingerprint density at radius 1 is 1.17 bits per heavy atom. The van der Waals surface area contributed by atoms with Crippen LogP contribution in [0.15, 0.2) is 18.5 Å². The Balaban J connectivity index is 1.33. The molecule has 162 valence electrons. The third-order valence-electron chi connectivity index (χ3n) is 5.79. The smallest absolute Gasteiger partial charge is 0.178 e. The summed E-state index contributed by atoms with van der Waals surface area (Å²) in [5.74, 6) is 0.890. The topological polar surface area (TPSA) is 71.0 Å². The number of benzene rings is 1. The van der Waals surface area contributed by atoms with Gasteiger partial charge in [0.25, 0.3) is 0 Å². The summed E-state index contributed by atoms with van der Waals surface area (Å²) in [5.41, 5.74) is 3.05. The van der Waals surface area contributed by atoms with Crippen molar-refractivity contribution in [1.82, 2.24) is 24.4 Å². The number of morpholine rings is 1. The highest BCUT2D eigenvalue weighted by Gasteiger charge is 2.21. The third-order valence-corrected chi connectivity index (χ3v) is 6.11. The Kier molecular flexibility index (Phi) is 6.65. The average molecular weight is 429 g/mol. The van der Waals surface area contributed by atoms with Crippen molar-refractivity contribution in [2.24, 2.45) is 0 Å². The first-order valence-electron chi connectivity index (χ1n) is 11.0. The van der Waals surface area contributed by atoms with Crippen LogP contribution in [0.2, 0.25) is 0 Å². The van der Waals surface area contributed by atoms with Crippen molar-refractivity contribution in [2.45, 2.75) is 58.8 Å². The first-order chi connectivity index (χ1) is 14.5. The molecule has 8 heteroatoms. The monoisotopic (exact) mass is 428 g/mol. The fourth-order valence-corrected chi connectivity index (χ4v) is 4.81. The Labute approximate surface area is 182 Å². The van der Waals surface area contributed by atoms with E-state index >= 15 is 0 Å². The Bertz CT molecular complexity index is 1050. The van der Waals surface area contributed by atoms with Crippen molar-refractivity contribution >= 4 is 40.0 Å². The summed E-state index contributed by atoms with van der Waals surface area (Å²) in [6, 6.07) is 4.20. The SMILES string of the molecule is CCn1c(=S)[nH]c2cc3c(NCCCCCN4CC(C)OC(C)C4)ncnc3cc21. The van der Waals surface area contributed by atoms with Gasteiger partial charge in [0.05, 0.1) is 28.8 Å². The zero-order valence-electron chi connectivity index (χ0n) is 18.1. The van der Waals surface area contributed by atoms with Gasteiger partial charge in [-0.25, -0.2) is 9.97 Å². The van der Waals surface area contributed by atoms with Gasteiger partial charge in [-0.2, -0.15) is 0 Å². The molecule has 0 aliphatic carbocycles. The molecule has 1 aliphatic heterocycles. The number of unbranched alkanes of at least 4 members (excludes halogenated alkanes) is 2. The molecule has 30 heavy (non-hydrogen) atoms. The maximum absolute atomic E-state index is 5.81. The van der Waals surface area contributed by atoms with Crippen molar-refractivity contribution in [1.29, 1.82) is 0 Å². The molecule has 0 saturated carbocycles. The van der Waals surface area contributed by atoms with Crippen molar-refractivity contribution in [3.63, 3.8) is 0 Å². The number of fused-ring (bicyclic) bond motifs is 2. The fourth-order valence-electron chi connectivity index (χ4n) is 4.47. The number of anilines is 1. The van der Waals surface area contributed by atoms with E-state index in [4.69, 9.17) is 17.0 Å².